The van der Waals surface area contributed by atoms with Gasteiger partial charge in [0.25, 0.3) is 0 Å². The van der Waals surface area contributed by atoms with E-state index in [9.17, 15) is 4.79 Å². The lowest BCUT2D eigenvalue weighted by molar-refractivity contribution is -0.122. The number of anilines is 1. The average molecular weight is 290 g/mol. The number of piperidine rings is 1. The normalized spacial score (nSPS) is 24.3. The highest BCUT2D eigenvalue weighted by atomic mass is 35.5. The molecule has 7 heteroatoms. The number of rotatable bonds is 3. The summed E-state index contributed by atoms with van der Waals surface area (Å²) in [5, 5.41) is 10.2. The Morgan fingerprint density at radius 3 is 2.94 bits per heavy atom. The van der Waals surface area contributed by atoms with Crippen molar-refractivity contribution in [3.8, 4) is 0 Å². The van der Waals surface area contributed by atoms with Crippen LogP contribution in [0.25, 0.3) is 0 Å². The van der Waals surface area contributed by atoms with Gasteiger partial charge in [0.05, 0.1) is 17.4 Å². The number of carbonyl (C=O) groups is 1. The molecule has 1 aromatic heterocycles. The molecule has 1 aliphatic heterocycles. The zero-order valence-corrected chi connectivity index (χ0v) is 11.7. The molecule has 1 fully saturated rings. The van der Waals surface area contributed by atoms with Crippen molar-refractivity contribution in [1.29, 1.82) is 0 Å². The molecule has 2 heterocycles. The molecule has 5 nitrogen and oxygen atoms in total. The van der Waals surface area contributed by atoms with Crippen LogP contribution >= 0.6 is 22.9 Å². The fourth-order valence-corrected chi connectivity index (χ4v) is 3.38. The number of hydrogen-bond donors (Lipinski definition) is 2. The van der Waals surface area contributed by atoms with E-state index in [1.165, 1.54) is 11.3 Å². The van der Waals surface area contributed by atoms with Crippen LogP contribution in [0.15, 0.2) is 0 Å². The predicted octanol–water partition coefficient (Wildman–Crippen LogP) is 1.38. The maximum absolute atomic E-state index is 11.3. The SMILES string of the molecule is CC1CCC(C(N)=O)CN1c1nc(Cl)c(CO)s1. The molecule has 1 aromatic rings. The van der Waals surface area contributed by atoms with Crippen molar-refractivity contribution in [3.63, 3.8) is 0 Å². The molecule has 1 aliphatic rings. The first-order chi connectivity index (χ1) is 8.52. The number of primary amides is 1. The Morgan fingerprint density at radius 2 is 2.39 bits per heavy atom. The summed E-state index contributed by atoms with van der Waals surface area (Å²) in [7, 11) is 0. The second-order valence-electron chi connectivity index (χ2n) is 4.55. The Morgan fingerprint density at radius 1 is 1.67 bits per heavy atom. The summed E-state index contributed by atoms with van der Waals surface area (Å²) >= 11 is 7.30. The van der Waals surface area contributed by atoms with E-state index >= 15 is 0 Å². The van der Waals surface area contributed by atoms with Crippen molar-refractivity contribution >= 4 is 34.0 Å². The molecule has 3 N–H and O–H groups in total. The summed E-state index contributed by atoms with van der Waals surface area (Å²) in [5.41, 5.74) is 5.37. The van der Waals surface area contributed by atoms with Crippen molar-refractivity contribution in [2.75, 3.05) is 11.4 Å². The van der Waals surface area contributed by atoms with E-state index in [-0.39, 0.29) is 18.4 Å². The number of carbonyl (C=O) groups excluding carboxylic acids is 1. The topological polar surface area (TPSA) is 79.5 Å². The monoisotopic (exact) mass is 289 g/mol. The summed E-state index contributed by atoms with van der Waals surface area (Å²) < 4.78 is 0. The number of nitrogens with two attached hydrogens (primary N) is 1. The van der Waals surface area contributed by atoms with Gasteiger partial charge in [0.15, 0.2) is 5.13 Å². The maximum atomic E-state index is 11.3. The molecule has 2 unspecified atom stereocenters. The highest BCUT2D eigenvalue weighted by Crippen LogP contribution is 2.34. The molecule has 2 rings (SSSR count). The summed E-state index contributed by atoms with van der Waals surface area (Å²) in [6, 6.07) is 0.300. The molecule has 0 bridgehead atoms. The number of halogens is 1. The van der Waals surface area contributed by atoms with Crippen LogP contribution < -0.4 is 10.6 Å². The third kappa shape index (κ3) is 2.60. The minimum Gasteiger partial charge on any atom is -0.391 e. The number of thiazole rings is 1. The van der Waals surface area contributed by atoms with Crippen LogP contribution in [0.4, 0.5) is 5.13 Å². The van der Waals surface area contributed by atoms with Gasteiger partial charge >= 0.3 is 0 Å². The number of amides is 1. The molecule has 100 valence electrons. The van der Waals surface area contributed by atoms with Gasteiger partial charge in [-0.3, -0.25) is 4.79 Å². The van der Waals surface area contributed by atoms with Gasteiger partial charge in [0.2, 0.25) is 5.91 Å². The van der Waals surface area contributed by atoms with Crippen LogP contribution in [-0.2, 0) is 11.4 Å². The largest absolute Gasteiger partial charge is 0.391 e. The summed E-state index contributed by atoms with van der Waals surface area (Å²) in [5.74, 6) is -0.404. The van der Waals surface area contributed by atoms with Crippen LogP contribution in [0.1, 0.15) is 24.6 Å². The van der Waals surface area contributed by atoms with E-state index in [1.807, 2.05) is 0 Å². The molecule has 0 aromatic carbocycles. The summed E-state index contributed by atoms with van der Waals surface area (Å²) in [6.07, 6.45) is 1.72. The van der Waals surface area contributed by atoms with Crippen LogP contribution in [0, 0.1) is 5.92 Å². The standard InChI is InChI=1S/C11H16ClN3O2S/c1-6-2-3-7(10(13)17)4-15(6)11-14-9(12)8(5-16)18-11/h6-7,16H,2-5H2,1H3,(H2,13,17). The molecular weight excluding hydrogens is 274 g/mol. The van der Waals surface area contributed by atoms with E-state index in [0.29, 0.717) is 22.6 Å². The fraction of sp³-hybridized carbons (Fsp3) is 0.636. The van der Waals surface area contributed by atoms with Gasteiger partial charge in [0, 0.05) is 12.6 Å². The van der Waals surface area contributed by atoms with Crippen LogP contribution in [0.2, 0.25) is 5.15 Å². The lowest BCUT2D eigenvalue weighted by Crippen LogP contribution is -2.45. The van der Waals surface area contributed by atoms with E-state index in [4.69, 9.17) is 22.4 Å². The van der Waals surface area contributed by atoms with E-state index in [1.54, 1.807) is 0 Å². The van der Waals surface area contributed by atoms with E-state index in [0.717, 1.165) is 18.0 Å². The molecule has 0 spiro atoms. The smallest absolute Gasteiger partial charge is 0.222 e. The third-order valence-corrected chi connectivity index (χ3v) is 4.81. The molecule has 0 aliphatic carbocycles. The van der Waals surface area contributed by atoms with Gasteiger partial charge < -0.3 is 15.7 Å². The molecule has 0 radical (unpaired) electrons. The van der Waals surface area contributed by atoms with Gasteiger partial charge in [0.1, 0.15) is 5.15 Å². The van der Waals surface area contributed by atoms with Gasteiger partial charge in [-0.2, -0.15) is 0 Å². The molecule has 0 saturated carbocycles. The number of hydrogen-bond acceptors (Lipinski definition) is 5. The zero-order chi connectivity index (χ0) is 13.3. The van der Waals surface area contributed by atoms with Gasteiger partial charge in [-0.15, -0.1) is 0 Å². The number of aliphatic hydroxyl groups excluding tert-OH is 1. The first kappa shape index (κ1) is 13.6. The van der Waals surface area contributed by atoms with Crippen molar-refractivity contribution in [3.05, 3.63) is 10.0 Å². The Bertz CT molecular complexity index is 451. The Labute approximate surface area is 115 Å². The second kappa shape index (κ2) is 5.42. The molecule has 1 saturated heterocycles. The minimum absolute atomic E-state index is 0.113. The van der Waals surface area contributed by atoms with Gasteiger partial charge in [-0.05, 0) is 19.8 Å². The lowest BCUT2D eigenvalue weighted by atomic mass is 9.93. The van der Waals surface area contributed by atoms with Crippen molar-refractivity contribution in [1.82, 2.24) is 4.98 Å². The third-order valence-electron chi connectivity index (χ3n) is 3.31. The van der Waals surface area contributed by atoms with E-state index in [2.05, 4.69) is 16.8 Å². The lowest BCUT2D eigenvalue weighted by Gasteiger charge is -2.36. The summed E-state index contributed by atoms with van der Waals surface area (Å²) in [4.78, 5) is 18.2. The molecule has 2 atom stereocenters. The molecular formula is C11H16ClN3O2S. The number of aliphatic hydroxyl groups is 1. The first-order valence-corrected chi connectivity index (χ1v) is 7.04. The number of aromatic nitrogens is 1. The maximum Gasteiger partial charge on any atom is 0.222 e. The fourth-order valence-electron chi connectivity index (χ4n) is 2.15. The highest BCUT2D eigenvalue weighted by molar-refractivity contribution is 7.16. The average Bonchev–Trinajstić information content (AvgIpc) is 2.70. The van der Waals surface area contributed by atoms with Crippen molar-refractivity contribution in [2.45, 2.75) is 32.4 Å². The Balaban J connectivity index is 2.21. The Kier molecular flexibility index (Phi) is 4.09. The molecule has 1 amide bonds. The summed E-state index contributed by atoms with van der Waals surface area (Å²) in [6.45, 7) is 2.55. The zero-order valence-electron chi connectivity index (χ0n) is 10.1. The van der Waals surface area contributed by atoms with Crippen LogP contribution in [0.5, 0.6) is 0 Å². The predicted molar refractivity (Wildman–Crippen MR) is 71.8 cm³/mol. The van der Waals surface area contributed by atoms with Gasteiger partial charge in [-0.25, -0.2) is 4.98 Å². The second-order valence-corrected chi connectivity index (χ2v) is 5.97. The first-order valence-electron chi connectivity index (χ1n) is 5.85. The van der Waals surface area contributed by atoms with Gasteiger partial charge in [-0.1, -0.05) is 22.9 Å². The van der Waals surface area contributed by atoms with E-state index < -0.39 is 0 Å². The van der Waals surface area contributed by atoms with Crippen molar-refractivity contribution < 1.29 is 9.90 Å². The minimum atomic E-state index is -0.267. The molecule has 18 heavy (non-hydrogen) atoms. The van der Waals surface area contributed by atoms with Crippen LogP contribution in [-0.4, -0.2) is 28.6 Å². The number of nitrogens with zero attached hydrogens (tertiary/aromatic N) is 2. The van der Waals surface area contributed by atoms with Crippen molar-refractivity contribution in [2.24, 2.45) is 11.7 Å². The van der Waals surface area contributed by atoms with Crippen LogP contribution in [0.3, 0.4) is 0 Å². The quantitative estimate of drug-likeness (QED) is 0.881. The highest BCUT2D eigenvalue weighted by Gasteiger charge is 2.30. The Hall–Kier alpha value is -0.850.